The molecule has 2 nitrogen and oxygen atoms in total. The van der Waals surface area contributed by atoms with Crippen LogP contribution in [0.5, 0.6) is 0 Å². The Morgan fingerprint density at radius 1 is 1.53 bits per heavy atom. The highest BCUT2D eigenvalue weighted by molar-refractivity contribution is 8.00. The van der Waals surface area contributed by atoms with Crippen LogP contribution in [0.3, 0.4) is 0 Å². The van der Waals surface area contributed by atoms with E-state index in [2.05, 4.69) is 6.92 Å². The first-order chi connectivity index (χ1) is 7.27. The number of thioether (sulfide) groups is 1. The largest absolute Gasteiger partial charge is 0.341 e. The second-order valence-electron chi connectivity index (χ2n) is 3.89. The van der Waals surface area contributed by atoms with Gasteiger partial charge in [0.1, 0.15) is 0 Å². The molecule has 0 spiro atoms. The van der Waals surface area contributed by atoms with E-state index in [1.807, 2.05) is 16.7 Å². The van der Waals surface area contributed by atoms with Crippen molar-refractivity contribution in [1.82, 2.24) is 4.90 Å². The third kappa shape index (κ3) is 4.64. The van der Waals surface area contributed by atoms with Gasteiger partial charge in [0.25, 0.3) is 0 Å². The number of halogens is 1. The standard InChI is InChI=1S/C11H20ClNOS/c1-2-10-9-13(7-8-15-10)11(14)5-3-4-6-12/h10H,2-9H2,1H3. The summed E-state index contributed by atoms with van der Waals surface area (Å²) < 4.78 is 0. The highest BCUT2D eigenvalue weighted by Gasteiger charge is 2.22. The maximum absolute atomic E-state index is 11.8. The summed E-state index contributed by atoms with van der Waals surface area (Å²) in [6.07, 6.45) is 3.72. The zero-order valence-electron chi connectivity index (χ0n) is 9.38. The first-order valence-electron chi connectivity index (χ1n) is 5.73. The minimum Gasteiger partial charge on any atom is -0.341 e. The van der Waals surface area contributed by atoms with Gasteiger partial charge in [0, 0.05) is 36.4 Å². The van der Waals surface area contributed by atoms with Crippen LogP contribution in [0.1, 0.15) is 32.6 Å². The van der Waals surface area contributed by atoms with E-state index in [1.165, 1.54) is 0 Å². The third-order valence-electron chi connectivity index (χ3n) is 2.72. The van der Waals surface area contributed by atoms with Crippen molar-refractivity contribution in [1.29, 1.82) is 0 Å². The molecule has 1 aliphatic heterocycles. The maximum Gasteiger partial charge on any atom is 0.222 e. The quantitative estimate of drug-likeness (QED) is 0.552. The zero-order valence-corrected chi connectivity index (χ0v) is 10.9. The number of hydrogen-bond donors (Lipinski definition) is 0. The number of hydrogen-bond acceptors (Lipinski definition) is 2. The van der Waals surface area contributed by atoms with E-state index in [0.29, 0.717) is 23.5 Å². The van der Waals surface area contributed by atoms with Gasteiger partial charge in [-0.15, -0.1) is 11.6 Å². The van der Waals surface area contributed by atoms with E-state index in [-0.39, 0.29) is 0 Å². The van der Waals surface area contributed by atoms with Gasteiger partial charge in [-0.05, 0) is 19.3 Å². The molecule has 1 aliphatic rings. The molecule has 0 N–H and O–H groups in total. The SMILES string of the molecule is CCC1CN(C(=O)CCCCCl)CCS1. The summed E-state index contributed by atoms with van der Waals surface area (Å²) in [4.78, 5) is 13.8. The molecule has 15 heavy (non-hydrogen) atoms. The Hall–Kier alpha value is 0.110. The van der Waals surface area contributed by atoms with Crippen LogP contribution in [-0.2, 0) is 4.79 Å². The minimum atomic E-state index is 0.318. The summed E-state index contributed by atoms with van der Waals surface area (Å²) in [7, 11) is 0. The summed E-state index contributed by atoms with van der Waals surface area (Å²) in [6.45, 7) is 4.07. The summed E-state index contributed by atoms with van der Waals surface area (Å²) in [5, 5.41) is 0.649. The molecule has 4 heteroatoms. The van der Waals surface area contributed by atoms with Crippen molar-refractivity contribution in [2.45, 2.75) is 37.9 Å². The molecule has 1 amide bonds. The zero-order chi connectivity index (χ0) is 11.1. The second-order valence-corrected chi connectivity index (χ2v) is 5.67. The summed E-state index contributed by atoms with van der Waals surface area (Å²) >= 11 is 7.59. The van der Waals surface area contributed by atoms with Crippen molar-refractivity contribution in [3.05, 3.63) is 0 Å². The van der Waals surface area contributed by atoms with Crippen LogP contribution in [0.4, 0.5) is 0 Å². The number of nitrogens with zero attached hydrogens (tertiary/aromatic N) is 1. The lowest BCUT2D eigenvalue weighted by atomic mass is 10.2. The smallest absolute Gasteiger partial charge is 0.222 e. The lowest BCUT2D eigenvalue weighted by Crippen LogP contribution is -2.41. The third-order valence-corrected chi connectivity index (χ3v) is 4.36. The van der Waals surface area contributed by atoms with Gasteiger partial charge in [-0.1, -0.05) is 6.92 Å². The highest BCUT2D eigenvalue weighted by Crippen LogP contribution is 2.21. The fraction of sp³-hybridized carbons (Fsp3) is 0.909. The first kappa shape index (κ1) is 13.2. The summed E-state index contributed by atoms with van der Waals surface area (Å²) in [5.41, 5.74) is 0. The average Bonchev–Trinajstić information content (AvgIpc) is 2.29. The second kappa shape index (κ2) is 7.39. The number of unbranched alkanes of at least 4 members (excludes halogenated alkanes) is 1. The number of carbonyl (C=O) groups excluding carboxylic acids is 1. The van der Waals surface area contributed by atoms with Crippen LogP contribution < -0.4 is 0 Å². The van der Waals surface area contributed by atoms with Crippen LogP contribution >= 0.6 is 23.4 Å². The molecule has 1 atom stereocenters. The Balaban J connectivity index is 2.25. The molecule has 0 aromatic rings. The van der Waals surface area contributed by atoms with E-state index >= 15 is 0 Å². The van der Waals surface area contributed by atoms with Gasteiger partial charge in [-0.25, -0.2) is 0 Å². The number of amides is 1. The number of carbonyl (C=O) groups is 1. The number of alkyl halides is 1. The Kier molecular flexibility index (Phi) is 6.50. The molecule has 0 radical (unpaired) electrons. The molecule has 88 valence electrons. The highest BCUT2D eigenvalue weighted by atomic mass is 35.5. The Morgan fingerprint density at radius 2 is 2.33 bits per heavy atom. The van der Waals surface area contributed by atoms with Gasteiger partial charge < -0.3 is 4.90 Å². The van der Waals surface area contributed by atoms with Gasteiger partial charge in [0.05, 0.1) is 0 Å². The minimum absolute atomic E-state index is 0.318. The van der Waals surface area contributed by atoms with E-state index in [0.717, 1.165) is 38.1 Å². The molecule has 1 saturated heterocycles. The topological polar surface area (TPSA) is 20.3 Å². The predicted octanol–water partition coefficient (Wildman–Crippen LogP) is 2.75. The number of rotatable bonds is 5. The molecule has 0 aromatic carbocycles. The van der Waals surface area contributed by atoms with Crippen molar-refractivity contribution in [3.8, 4) is 0 Å². The van der Waals surface area contributed by atoms with Crippen molar-refractivity contribution in [2.24, 2.45) is 0 Å². The van der Waals surface area contributed by atoms with E-state index in [1.54, 1.807) is 0 Å². The van der Waals surface area contributed by atoms with Crippen LogP contribution in [-0.4, -0.2) is 40.8 Å². The molecule has 0 aromatic heterocycles. The van der Waals surface area contributed by atoms with Crippen LogP contribution in [0.2, 0.25) is 0 Å². The van der Waals surface area contributed by atoms with Gasteiger partial charge in [-0.3, -0.25) is 4.79 Å². The van der Waals surface area contributed by atoms with Gasteiger partial charge >= 0.3 is 0 Å². The molecular formula is C11H20ClNOS. The molecular weight excluding hydrogens is 230 g/mol. The van der Waals surface area contributed by atoms with Gasteiger partial charge in [0.2, 0.25) is 5.91 Å². The molecule has 1 fully saturated rings. The Morgan fingerprint density at radius 3 is 3.00 bits per heavy atom. The average molecular weight is 250 g/mol. The van der Waals surface area contributed by atoms with E-state index in [9.17, 15) is 4.79 Å². The monoisotopic (exact) mass is 249 g/mol. The van der Waals surface area contributed by atoms with Gasteiger partial charge in [0.15, 0.2) is 0 Å². The van der Waals surface area contributed by atoms with Crippen molar-refractivity contribution in [3.63, 3.8) is 0 Å². The van der Waals surface area contributed by atoms with Crippen molar-refractivity contribution in [2.75, 3.05) is 24.7 Å². The van der Waals surface area contributed by atoms with Crippen LogP contribution in [0.15, 0.2) is 0 Å². The molecule has 1 heterocycles. The first-order valence-corrected chi connectivity index (χ1v) is 7.31. The van der Waals surface area contributed by atoms with Gasteiger partial charge in [-0.2, -0.15) is 11.8 Å². The molecule has 0 bridgehead atoms. The molecule has 1 rings (SSSR count). The lowest BCUT2D eigenvalue weighted by Gasteiger charge is -2.32. The van der Waals surface area contributed by atoms with Crippen molar-refractivity contribution < 1.29 is 4.79 Å². The van der Waals surface area contributed by atoms with E-state index in [4.69, 9.17) is 11.6 Å². The van der Waals surface area contributed by atoms with Crippen molar-refractivity contribution >= 4 is 29.3 Å². The molecule has 1 unspecified atom stereocenters. The van der Waals surface area contributed by atoms with Crippen LogP contribution in [0.25, 0.3) is 0 Å². The Bertz CT molecular complexity index is 201. The Labute approximate surface area is 102 Å². The fourth-order valence-corrected chi connectivity index (χ4v) is 3.09. The normalized spacial score (nSPS) is 21.7. The molecule has 0 saturated carbocycles. The maximum atomic E-state index is 11.8. The summed E-state index contributed by atoms with van der Waals surface area (Å²) in [6, 6.07) is 0. The van der Waals surface area contributed by atoms with E-state index < -0.39 is 0 Å². The fourth-order valence-electron chi connectivity index (χ4n) is 1.72. The molecule has 0 aliphatic carbocycles. The summed E-state index contributed by atoms with van der Waals surface area (Å²) in [5.74, 6) is 2.08. The van der Waals surface area contributed by atoms with Crippen LogP contribution in [0, 0.1) is 0 Å². The predicted molar refractivity (Wildman–Crippen MR) is 67.7 cm³/mol. The lowest BCUT2D eigenvalue weighted by molar-refractivity contribution is -0.131.